The highest BCUT2D eigenvalue weighted by Crippen LogP contribution is 2.25. The van der Waals surface area contributed by atoms with Crippen LogP contribution in [0.4, 0.5) is 0 Å². The number of hydrogen-bond donors (Lipinski definition) is 0. The van der Waals surface area contributed by atoms with Crippen molar-refractivity contribution < 1.29 is 0 Å². The maximum atomic E-state index is 5.72. The minimum absolute atomic E-state index is 0.545. The van der Waals surface area contributed by atoms with E-state index >= 15 is 0 Å². The van der Waals surface area contributed by atoms with Gasteiger partial charge in [-0.2, -0.15) is 0 Å². The summed E-state index contributed by atoms with van der Waals surface area (Å²) in [6, 6.07) is 8.37. The Kier molecular flexibility index (Phi) is 2.85. The van der Waals surface area contributed by atoms with E-state index in [0.29, 0.717) is 5.88 Å². The predicted octanol–water partition coefficient (Wildman–Crippen LogP) is 3.86. The van der Waals surface area contributed by atoms with Crippen molar-refractivity contribution in [2.45, 2.75) is 12.8 Å². The Bertz CT molecular complexity index is 419. The van der Waals surface area contributed by atoms with E-state index < -0.39 is 0 Å². The molecule has 0 spiro atoms. The summed E-state index contributed by atoms with van der Waals surface area (Å²) >= 11 is 7.37. The van der Waals surface area contributed by atoms with E-state index in [2.05, 4.69) is 36.2 Å². The predicted molar refractivity (Wildman–Crippen MR) is 61.8 cm³/mol. The highest BCUT2D eigenvalue weighted by molar-refractivity contribution is 7.15. The second-order valence-corrected chi connectivity index (χ2v) is 4.51. The molecule has 0 bridgehead atoms. The molecule has 0 amide bonds. The van der Waals surface area contributed by atoms with Crippen molar-refractivity contribution in [2.75, 3.05) is 0 Å². The highest BCUT2D eigenvalue weighted by Gasteiger charge is 2.02. The Balaban J connectivity index is 2.34. The summed E-state index contributed by atoms with van der Waals surface area (Å²) in [5, 5.41) is 1.04. The van der Waals surface area contributed by atoms with Gasteiger partial charge in [0.1, 0.15) is 5.01 Å². The number of halogens is 1. The smallest absolute Gasteiger partial charge is 0.123 e. The molecule has 0 fully saturated rings. The van der Waals surface area contributed by atoms with Crippen molar-refractivity contribution in [1.82, 2.24) is 4.98 Å². The van der Waals surface area contributed by atoms with Gasteiger partial charge in [0.15, 0.2) is 0 Å². The normalized spacial score (nSPS) is 10.4. The van der Waals surface area contributed by atoms with Gasteiger partial charge >= 0.3 is 0 Å². The second kappa shape index (κ2) is 4.11. The molecule has 0 aliphatic carbocycles. The average molecular weight is 224 g/mol. The average Bonchev–Trinajstić information content (AvgIpc) is 2.67. The molecular formula is C11H10ClNS. The fourth-order valence-electron chi connectivity index (χ4n) is 1.20. The largest absolute Gasteiger partial charge is 0.244 e. The minimum Gasteiger partial charge on any atom is -0.244 e. The topological polar surface area (TPSA) is 12.9 Å². The number of thiazole rings is 1. The lowest BCUT2D eigenvalue weighted by atomic mass is 10.2. The van der Waals surface area contributed by atoms with Gasteiger partial charge in [0, 0.05) is 16.6 Å². The zero-order valence-electron chi connectivity index (χ0n) is 7.83. The van der Waals surface area contributed by atoms with E-state index in [0.717, 1.165) is 15.4 Å². The molecule has 0 unspecified atom stereocenters. The van der Waals surface area contributed by atoms with Crippen LogP contribution < -0.4 is 0 Å². The molecule has 0 N–H and O–H groups in total. The van der Waals surface area contributed by atoms with Gasteiger partial charge in [-0.1, -0.05) is 29.8 Å². The molecule has 0 atom stereocenters. The van der Waals surface area contributed by atoms with Gasteiger partial charge < -0.3 is 0 Å². The molecule has 2 rings (SSSR count). The van der Waals surface area contributed by atoms with Crippen LogP contribution in [0.3, 0.4) is 0 Å². The first-order valence-corrected chi connectivity index (χ1v) is 5.72. The third kappa shape index (κ3) is 1.97. The van der Waals surface area contributed by atoms with Gasteiger partial charge in [-0.15, -0.1) is 22.9 Å². The number of aromatic nitrogens is 1. The minimum atomic E-state index is 0.545. The molecule has 0 aliphatic rings. The van der Waals surface area contributed by atoms with Crippen LogP contribution in [0.25, 0.3) is 10.6 Å². The summed E-state index contributed by atoms with van der Waals surface area (Å²) in [5.41, 5.74) is 2.43. The molecule has 1 aromatic carbocycles. The molecule has 14 heavy (non-hydrogen) atoms. The highest BCUT2D eigenvalue weighted by atomic mass is 35.5. The third-order valence-electron chi connectivity index (χ3n) is 1.98. The maximum Gasteiger partial charge on any atom is 0.123 e. The summed E-state index contributed by atoms with van der Waals surface area (Å²) in [6.45, 7) is 2.08. The van der Waals surface area contributed by atoms with Crippen LogP contribution in [-0.2, 0) is 5.88 Å². The van der Waals surface area contributed by atoms with Crippen LogP contribution >= 0.6 is 22.9 Å². The lowest BCUT2D eigenvalue weighted by molar-refractivity contribution is 1.36. The lowest BCUT2D eigenvalue weighted by Crippen LogP contribution is -1.75. The van der Waals surface area contributed by atoms with Crippen molar-refractivity contribution in [3.63, 3.8) is 0 Å². The quantitative estimate of drug-likeness (QED) is 0.705. The van der Waals surface area contributed by atoms with Gasteiger partial charge in [-0.05, 0) is 6.92 Å². The molecule has 72 valence electrons. The van der Waals surface area contributed by atoms with E-state index in [4.69, 9.17) is 11.6 Å². The summed E-state index contributed by atoms with van der Waals surface area (Å²) in [5.74, 6) is 0.545. The van der Waals surface area contributed by atoms with Gasteiger partial charge in [0.05, 0.1) is 5.88 Å². The number of rotatable bonds is 2. The van der Waals surface area contributed by atoms with Crippen molar-refractivity contribution in [2.24, 2.45) is 0 Å². The van der Waals surface area contributed by atoms with Crippen LogP contribution in [0.2, 0.25) is 0 Å². The van der Waals surface area contributed by atoms with Crippen molar-refractivity contribution in [1.29, 1.82) is 0 Å². The van der Waals surface area contributed by atoms with E-state index in [9.17, 15) is 0 Å². The van der Waals surface area contributed by atoms with E-state index in [1.54, 1.807) is 11.3 Å². The molecule has 1 heterocycles. The van der Waals surface area contributed by atoms with Gasteiger partial charge in [0.2, 0.25) is 0 Å². The Morgan fingerprint density at radius 2 is 2.00 bits per heavy atom. The van der Waals surface area contributed by atoms with Crippen molar-refractivity contribution >= 4 is 22.9 Å². The first-order valence-electron chi connectivity index (χ1n) is 4.37. The van der Waals surface area contributed by atoms with E-state index in [-0.39, 0.29) is 0 Å². The van der Waals surface area contributed by atoms with E-state index in [1.165, 1.54) is 5.56 Å². The summed E-state index contributed by atoms with van der Waals surface area (Å²) in [6.07, 6.45) is 1.84. The van der Waals surface area contributed by atoms with Crippen LogP contribution in [0.1, 0.15) is 10.4 Å². The third-order valence-corrected chi connectivity index (χ3v) is 3.48. The number of hydrogen-bond acceptors (Lipinski definition) is 2. The Labute approximate surface area is 92.4 Å². The number of nitrogens with zero attached hydrogens (tertiary/aromatic N) is 1. The number of alkyl halides is 1. The lowest BCUT2D eigenvalue weighted by Gasteiger charge is -1.95. The standard InChI is InChI=1S/C11H10ClNS/c1-8-2-4-9(5-3-8)11-13-7-10(6-12)14-11/h2-5,7H,6H2,1H3. The van der Waals surface area contributed by atoms with Gasteiger partial charge in [-0.3, -0.25) is 0 Å². The zero-order chi connectivity index (χ0) is 9.97. The van der Waals surface area contributed by atoms with Crippen LogP contribution in [-0.4, -0.2) is 4.98 Å². The van der Waals surface area contributed by atoms with E-state index in [1.807, 2.05) is 6.20 Å². The number of benzene rings is 1. The molecule has 2 aromatic rings. The molecule has 0 saturated carbocycles. The van der Waals surface area contributed by atoms with Crippen molar-refractivity contribution in [3.8, 4) is 10.6 Å². The SMILES string of the molecule is Cc1ccc(-c2ncc(CCl)s2)cc1. The molecule has 1 nitrogen and oxygen atoms in total. The first-order chi connectivity index (χ1) is 6.79. The van der Waals surface area contributed by atoms with Gasteiger partial charge in [-0.25, -0.2) is 4.98 Å². The van der Waals surface area contributed by atoms with Crippen LogP contribution in [0, 0.1) is 6.92 Å². The summed E-state index contributed by atoms with van der Waals surface area (Å²) in [4.78, 5) is 5.43. The fraction of sp³-hybridized carbons (Fsp3) is 0.182. The maximum absolute atomic E-state index is 5.72. The first kappa shape index (κ1) is 9.69. The monoisotopic (exact) mass is 223 g/mol. The molecular weight excluding hydrogens is 214 g/mol. The second-order valence-electron chi connectivity index (χ2n) is 3.13. The Morgan fingerprint density at radius 1 is 1.29 bits per heavy atom. The Hall–Kier alpha value is -0.860. The Morgan fingerprint density at radius 3 is 2.57 bits per heavy atom. The summed E-state index contributed by atoms with van der Waals surface area (Å²) in [7, 11) is 0. The molecule has 0 radical (unpaired) electrons. The molecule has 0 saturated heterocycles. The van der Waals surface area contributed by atoms with Crippen LogP contribution in [0.5, 0.6) is 0 Å². The van der Waals surface area contributed by atoms with Crippen LogP contribution in [0.15, 0.2) is 30.5 Å². The molecule has 3 heteroatoms. The molecule has 0 aliphatic heterocycles. The van der Waals surface area contributed by atoms with Gasteiger partial charge in [0.25, 0.3) is 0 Å². The van der Waals surface area contributed by atoms with Crippen molar-refractivity contribution in [3.05, 3.63) is 40.9 Å². The number of aryl methyl sites for hydroxylation is 1. The fourth-order valence-corrected chi connectivity index (χ4v) is 2.20. The zero-order valence-corrected chi connectivity index (χ0v) is 9.40. The molecule has 1 aromatic heterocycles. The summed E-state index contributed by atoms with van der Waals surface area (Å²) < 4.78 is 0.